The summed E-state index contributed by atoms with van der Waals surface area (Å²) in [5, 5.41) is 7.19. The standard InChI is InChI=1S/C20H26N4O4S/c1-14-20(29(26,27)24-10-9-16-6-3-4-8-18(16)24)15(2)23(22-14)13-19(25)21-12-17-7-5-11-28-17/h3-4,6,8,17H,5,7,9-13H2,1-2H3,(H,21,25). The van der Waals surface area contributed by atoms with E-state index >= 15 is 0 Å². The lowest BCUT2D eigenvalue weighted by molar-refractivity contribution is -0.122. The molecule has 0 aliphatic carbocycles. The van der Waals surface area contributed by atoms with E-state index < -0.39 is 10.0 Å². The third-order valence-electron chi connectivity index (χ3n) is 5.55. The van der Waals surface area contributed by atoms with Gasteiger partial charge in [0.2, 0.25) is 5.91 Å². The molecule has 1 aromatic carbocycles. The van der Waals surface area contributed by atoms with Gasteiger partial charge in [0, 0.05) is 19.7 Å². The number of nitrogens with one attached hydrogen (secondary N) is 1. The van der Waals surface area contributed by atoms with Crippen molar-refractivity contribution < 1.29 is 17.9 Å². The maximum Gasteiger partial charge on any atom is 0.268 e. The molecule has 0 saturated carbocycles. The molecule has 2 aromatic rings. The molecule has 29 heavy (non-hydrogen) atoms. The fraction of sp³-hybridized carbons (Fsp3) is 0.500. The van der Waals surface area contributed by atoms with Crippen molar-refractivity contribution in [1.82, 2.24) is 15.1 Å². The van der Waals surface area contributed by atoms with Crippen molar-refractivity contribution in [3.05, 3.63) is 41.2 Å². The zero-order valence-electron chi connectivity index (χ0n) is 16.7. The number of sulfonamides is 1. The van der Waals surface area contributed by atoms with Crippen molar-refractivity contribution in [2.75, 3.05) is 24.0 Å². The van der Waals surface area contributed by atoms with E-state index in [1.165, 1.54) is 8.99 Å². The number of carbonyl (C=O) groups is 1. The van der Waals surface area contributed by atoms with Crippen LogP contribution in [0.5, 0.6) is 0 Å². The number of hydrogen-bond donors (Lipinski definition) is 1. The molecule has 1 fully saturated rings. The predicted octanol–water partition coefficient (Wildman–Crippen LogP) is 1.55. The number of rotatable bonds is 6. The first-order valence-corrected chi connectivity index (χ1v) is 11.3. The van der Waals surface area contributed by atoms with Crippen molar-refractivity contribution in [2.45, 2.75) is 50.7 Å². The average molecular weight is 419 g/mol. The van der Waals surface area contributed by atoms with Gasteiger partial charge in [-0.1, -0.05) is 18.2 Å². The molecule has 3 heterocycles. The lowest BCUT2D eigenvalue weighted by Gasteiger charge is -2.19. The highest BCUT2D eigenvalue weighted by molar-refractivity contribution is 7.93. The van der Waals surface area contributed by atoms with Crippen molar-refractivity contribution in [3.8, 4) is 0 Å². The van der Waals surface area contributed by atoms with E-state index in [4.69, 9.17) is 4.74 Å². The zero-order chi connectivity index (χ0) is 20.6. The van der Waals surface area contributed by atoms with Crippen molar-refractivity contribution in [2.24, 2.45) is 0 Å². The number of ether oxygens (including phenoxy) is 1. The number of para-hydroxylation sites is 1. The number of hydrogen-bond acceptors (Lipinski definition) is 5. The Kier molecular flexibility index (Phi) is 5.35. The number of aromatic nitrogens is 2. The molecular weight excluding hydrogens is 392 g/mol. The maximum absolute atomic E-state index is 13.4. The molecule has 2 aliphatic rings. The highest BCUT2D eigenvalue weighted by atomic mass is 32.2. The summed E-state index contributed by atoms with van der Waals surface area (Å²) in [4.78, 5) is 12.5. The molecule has 8 nitrogen and oxygen atoms in total. The fourth-order valence-corrected chi connectivity index (χ4v) is 5.98. The Hall–Kier alpha value is -2.39. The van der Waals surface area contributed by atoms with Crippen LogP contribution < -0.4 is 9.62 Å². The third-order valence-corrected chi connectivity index (χ3v) is 7.62. The summed E-state index contributed by atoms with van der Waals surface area (Å²) < 4.78 is 35.2. The first-order chi connectivity index (χ1) is 13.9. The van der Waals surface area contributed by atoms with Gasteiger partial charge in [0.15, 0.2) is 0 Å². The Balaban J connectivity index is 1.53. The molecule has 9 heteroatoms. The first-order valence-electron chi connectivity index (χ1n) is 9.91. The van der Waals surface area contributed by atoms with Gasteiger partial charge in [0.25, 0.3) is 10.0 Å². The summed E-state index contributed by atoms with van der Waals surface area (Å²) in [5.74, 6) is -0.207. The quantitative estimate of drug-likeness (QED) is 0.768. The molecular formula is C20H26N4O4S. The van der Waals surface area contributed by atoms with E-state index in [2.05, 4.69) is 10.4 Å². The minimum Gasteiger partial charge on any atom is -0.376 e. The number of amides is 1. The van der Waals surface area contributed by atoms with Crippen LogP contribution in [0.2, 0.25) is 0 Å². The summed E-state index contributed by atoms with van der Waals surface area (Å²) in [6, 6.07) is 7.53. The van der Waals surface area contributed by atoms with Crippen molar-refractivity contribution in [3.63, 3.8) is 0 Å². The van der Waals surface area contributed by atoms with E-state index in [9.17, 15) is 13.2 Å². The van der Waals surface area contributed by atoms with Crippen molar-refractivity contribution >= 4 is 21.6 Å². The average Bonchev–Trinajstić information content (AvgIpc) is 3.40. The smallest absolute Gasteiger partial charge is 0.268 e. The van der Waals surface area contributed by atoms with Crippen LogP contribution in [-0.2, 0) is 32.5 Å². The predicted molar refractivity (Wildman–Crippen MR) is 108 cm³/mol. The van der Waals surface area contributed by atoms with Crippen molar-refractivity contribution in [1.29, 1.82) is 0 Å². The van der Waals surface area contributed by atoms with Gasteiger partial charge in [0.05, 0.1) is 23.2 Å². The second-order valence-electron chi connectivity index (χ2n) is 7.55. The van der Waals surface area contributed by atoms with Crippen LogP contribution in [0.15, 0.2) is 29.2 Å². The van der Waals surface area contributed by atoms with E-state index in [0.29, 0.717) is 36.6 Å². The molecule has 1 amide bonds. The molecule has 1 saturated heterocycles. The Morgan fingerprint density at radius 2 is 2.10 bits per heavy atom. The molecule has 1 aromatic heterocycles. The van der Waals surface area contributed by atoms with Crippen LogP contribution in [0.1, 0.15) is 29.8 Å². The van der Waals surface area contributed by atoms with E-state index in [-0.39, 0.29) is 23.5 Å². The summed E-state index contributed by atoms with van der Waals surface area (Å²) in [6.07, 6.45) is 2.71. The van der Waals surface area contributed by atoms with Gasteiger partial charge < -0.3 is 10.1 Å². The maximum atomic E-state index is 13.4. The summed E-state index contributed by atoms with van der Waals surface area (Å²) in [6.45, 7) is 4.96. The number of aryl methyl sites for hydroxylation is 1. The largest absolute Gasteiger partial charge is 0.376 e. The summed E-state index contributed by atoms with van der Waals surface area (Å²) >= 11 is 0. The summed E-state index contributed by atoms with van der Waals surface area (Å²) in [5.41, 5.74) is 2.61. The lowest BCUT2D eigenvalue weighted by atomic mass is 10.2. The lowest BCUT2D eigenvalue weighted by Crippen LogP contribution is -2.34. The van der Waals surface area contributed by atoms with Gasteiger partial charge in [-0.25, -0.2) is 8.42 Å². The van der Waals surface area contributed by atoms with Gasteiger partial charge in [-0.2, -0.15) is 5.10 Å². The molecule has 1 atom stereocenters. The fourth-order valence-electron chi connectivity index (χ4n) is 4.10. The highest BCUT2D eigenvalue weighted by Crippen LogP contribution is 2.34. The molecule has 0 spiro atoms. The number of nitrogens with zero attached hydrogens (tertiary/aromatic N) is 3. The Morgan fingerprint density at radius 1 is 1.31 bits per heavy atom. The number of benzene rings is 1. The molecule has 4 rings (SSSR count). The highest BCUT2D eigenvalue weighted by Gasteiger charge is 2.35. The molecule has 0 bridgehead atoms. The van der Waals surface area contributed by atoms with Crippen LogP contribution in [0.3, 0.4) is 0 Å². The Labute approximate surface area is 170 Å². The van der Waals surface area contributed by atoms with Crippen LogP contribution in [0, 0.1) is 13.8 Å². The number of fused-ring (bicyclic) bond motifs is 1. The second-order valence-corrected chi connectivity index (χ2v) is 9.35. The number of carbonyl (C=O) groups excluding carboxylic acids is 1. The monoisotopic (exact) mass is 418 g/mol. The molecule has 156 valence electrons. The van der Waals surface area contributed by atoms with E-state index in [1.807, 2.05) is 24.3 Å². The topological polar surface area (TPSA) is 93.5 Å². The van der Waals surface area contributed by atoms with E-state index in [0.717, 1.165) is 25.0 Å². The van der Waals surface area contributed by atoms with Crippen LogP contribution in [-0.4, -0.2) is 49.9 Å². The molecule has 1 unspecified atom stereocenters. The second kappa shape index (κ2) is 7.79. The third kappa shape index (κ3) is 3.76. The van der Waals surface area contributed by atoms with Gasteiger partial charge in [-0.3, -0.25) is 13.8 Å². The van der Waals surface area contributed by atoms with Crippen LogP contribution >= 0.6 is 0 Å². The van der Waals surface area contributed by atoms with Gasteiger partial charge in [-0.05, 0) is 44.7 Å². The zero-order valence-corrected chi connectivity index (χ0v) is 17.5. The normalized spacial score (nSPS) is 18.8. The van der Waals surface area contributed by atoms with E-state index in [1.54, 1.807) is 13.8 Å². The summed E-state index contributed by atoms with van der Waals surface area (Å²) in [7, 11) is -3.76. The Bertz CT molecular complexity index is 1030. The van der Waals surface area contributed by atoms with Crippen LogP contribution in [0.4, 0.5) is 5.69 Å². The molecule has 1 N–H and O–H groups in total. The van der Waals surface area contributed by atoms with Gasteiger partial charge in [0.1, 0.15) is 11.4 Å². The molecule has 2 aliphatic heterocycles. The Morgan fingerprint density at radius 3 is 2.86 bits per heavy atom. The molecule has 0 radical (unpaired) electrons. The first kappa shape index (κ1) is 19.9. The number of anilines is 1. The minimum atomic E-state index is -3.76. The van der Waals surface area contributed by atoms with Gasteiger partial charge >= 0.3 is 0 Å². The van der Waals surface area contributed by atoms with Crippen LogP contribution in [0.25, 0.3) is 0 Å². The van der Waals surface area contributed by atoms with Gasteiger partial charge in [-0.15, -0.1) is 0 Å². The SMILES string of the molecule is Cc1nn(CC(=O)NCC2CCCO2)c(C)c1S(=O)(=O)N1CCc2ccccc21. The minimum absolute atomic E-state index is 0.0223.